The molecule has 6 nitrogen and oxygen atoms in total. The van der Waals surface area contributed by atoms with Gasteiger partial charge < -0.3 is 10.1 Å². The maximum atomic E-state index is 12.3. The molecule has 0 fully saturated rings. The lowest BCUT2D eigenvalue weighted by Crippen LogP contribution is -2.21. The number of ether oxygens (including phenoxy) is 1. The highest BCUT2D eigenvalue weighted by Crippen LogP contribution is 2.27. The van der Waals surface area contributed by atoms with E-state index in [9.17, 15) is 18.0 Å². The van der Waals surface area contributed by atoms with E-state index in [1.54, 1.807) is 24.3 Å². The van der Waals surface area contributed by atoms with Crippen molar-refractivity contribution in [3.8, 4) is 5.75 Å². The zero-order chi connectivity index (χ0) is 16.2. The van der Waals surface area contributed by atoms with Crippen LogP contribution in [0.5, 0.6) is 5.75 Å². The molecular formula is C13H11F3N4O2. The smallest absolute Gasteiger partial charge is 0.434 e. The molecule has 0 atom stereocenters. The average molecular weight is 312 g/mol. The fourth-order valence-electron chi connectivity index (χ4n) is 1.56. The Balaban J connectivity index is 2.03. The molecule has 0 spiro atoms. The molecule has 0 bridgehead atoms. The number of rotatable bonds is 3. The fraction of sp³-hybridized carbons (Fsp3) is 0.154. The van der Waals surface area contributed by atoms with Crippen molar-refractivity contribution in [2.24, 2.45) is 0 Å². The van der Waals surface area contributed by atoms with Crippen LogP contribution in [0.1, 0.15) is 5.69 Å². The number of anilines is 2. The van der Waals surface area contributed by atoms with E-state index in [-0.39, 0.29) is 5.82 Å². The van der Waals surface area contributed by atoms with Crippen LogP contribution in [-0.4, -0.2) is 23.1 Å². The second-order valence-electron chi connectivity index (χ2n) is 4.06. The summed E-state index contributed by atoms with van der Waals surface area (Å²) in [6.07, 6.45) is -3.21. The number of methoxy groups -OCH3 is 1. The number of nitrogens with one attached hydrogen (secondary N) is 2. The number of carbonyl (C=O) groups is 1. The Hall–Kier alpha value is -2.84. The summed E-state index contributed by atoms with van der Waals surface area (Å²) in [5.74, 6) is 0.330. The van der Waals surface area contributed by atoms with Crippen LogP contribution in [-0.2, 0) is 6.18 Å². The lowest BCUT2D eigenvalue weighted by atomic mass is 10.3. The number of benzene rings is 1. The van der Waals surface area contributed by atoms with Gasteiger partial charge in [-0.25, -0.2) is 14.8 Å². The number of hydrogen-bond donors (Lipinski definition) is 2. The van der Waals surface area contributed by atoms with Gasteiger partial charge in [-0.15, -0.1) is 0 Å². The highest BCUT2D eigenvalue weighted by Gasteiger charge is 2.32. The largest absolute Gasteiger partial charge is 0.495 e. The quantitative estimate of drug-likeness (QED) is 0.913. The first-order valence-electron chi connectivity index (χ1n) is 6.00. The number of amides is 2. The molecule has 0 aliphatic carbocycles. The SMILES string of the molecule is COc1ccccc1NC(=O)Nc1cnc(C(F)(F)F)cn1. The molecule has 0 aliphatic heterocycles. The maximum Gasteiger partial charge on any atom is 0.434 e. The molecule has 1 heterocycles. The third-order valence-electron chi connectivity index (χ3n) is 2.54. The molecule has 0 unspecified atom stereocenters. The number of hydrogen-bond acceptors (Lipinski definition) is 4. The van der Waals surface area contributed by atoms with Crippen LogP contribution in [0, 0.1) is 0 Å². The van der Waals surface area contributed by atoms with Crippen molar-refractivity contribution in [1.82, 2.24) is 9.97 Å². The van der Waals surface area contributed by atoms with Gasteiger partial charge in [0.05, 0.1) is 25.2 Å². The van der Waals surface area contributed by atoms with Crippen LogP contribution in [0.25, 0.3) is 0 Å². The van der Waals surface area contributed by atoms with Crippen molar-refractivity contribution in [2.75, 3.05) is 17.7 Å². The summed E-state index contributed by atoms with van der Waals surface area (Å²) in [7, 11) is 1.44. The van der Waals surface area contributed by atoms with Gasteiger partial charge in [0, 0.05) is 0 Å². The molecule has 2 amide bonds. The summed E-state index contributed by atoms with van der Waals surface area (Å²) in [5.41, 5.74) is -0.731. The first kappa shape index (κ1) is 15.5. The van der Waals surface area contributed by atoms with E-state index in [1.807, 2.05) is 0 Å². The zero-order valence-electron chi connectivity index (χ0n) is 11.3. The van der Waals surface area contributed by atoms with E-state index in [4.69, 9.17) is 4.74 Å². The second kappa shape index (κ2) is 6.29. The fourth-order valence-corrected chi connectivity index (χ4v) is 1.56. The molecule has 22 heavy (non-hydrogen) atoms. The predicted octanol–water partition coefficient (Wildman–Crippen LogP) is 3.15. The van der Waals surface area contributed by atoms with Gasteiger partial charge in [-0.1, -0.05) is 12.1 Å². The number of halogens is 3. The molecule has 2 aromatic rings. The summed E-state index contributed by atoms with van der Waals surface area (Å²) in [4.78, 5) is 18.4. The molecule has 2 rings (SSSR count). The van der Waals surface area contributed by atoms with Gasteiger partial charge in [-0.3, -0.25) is 5.32 Å². The predicted molar refractivity (Wildman–Crippen MR) is 72.7 cm³/mol. The van der Waals surface area contributed by atoms with E-state index < -0.39 is 17.9 Å². The van der Waals surface area contributed by atoms with Gasteiger partial charge in [-0.05, 0) is 12.1 Å². The molecular weight excluding hydrogens is 301 g/mol. The Morgan fingerprint density at radius 3 is 2.45 bits per heavy atom. The number of aromatic nitrogens is 2. The molecule has 9 heteroatoms. The average Bonchev–Trinajstić information content (AvgIpc) is 2.47. The monoisotopic (exact) mass is 312 g/mol. The van der Waals surface area contributed by atoms with E-state index in [1.165, 1.54) is 7.11 Å². The van der Waals surface area contributed by atoms with Crippen LogP contribution in [0.2, 0.25) is 0 Å². The van der Waals surface area contributed by atoms with Crippen LogP contribution >= 0.6 is 0 Å². The zero-order valence-corrected chi connectivity index (χ0v) is 11.3. The summed E-state index contributed by atoms with van der Waals surface area (Å²) in [5, 5.41) is 4.76. The van der Waals surface area contributed by atoms with Gasteiger partial charge >= 0.3 is 12.2 Å². The van der Waals surface area contributed by atoms with E-state index in [0.29, 0.717) is 17.6 Å². The third-order valence-corrected chi connectivity index (χ3v) is 2.54. The summed E-state index contributed by atoms with van der Waals surface area (Å²) >= 11 is 0. The van der Waals surface area contributed by atoms with Crippen molar-refractivity contribution in [2.45, 2.75) is 6.18 Å². The molecule has 1 aromatic carbocycles. The van der Waals surface area contributed by atoms with Gasteiger partial charge in [0.25, 0.3) is 0 Å². The summed E-state index contributed by atoms with van der Waals surface area (Å²) < 4.78 is 42.1. The highest BCUT2D eigenvalue weighted by molar-refractivity contribution is 5.99. The van der Waals surface area contributed by atoms with Crippen LogP contribution < -0.4 is 15.4 Å². The molecule has 0 saturated heterocycles. The Morgan fingerprint density at radius 2 is 1.86 bits per heavy atom. The number of carbonyl (C=O) groups excluding carboxylic acids is 1. The third kappa shape index (κ3) is 3.84. The van der Waals surface area contributed by atoms with Crippen molar-refractivity contribution in [1.29, 1.82) is 0 Å². The Labute approximate surface area is 123 Å². The minimum atomic E-state index is -4.58. The van der Waals surface area contributed by atoms with Gasteiger partial charge in [0.15, 0.2) is 11.5 Å². The van der Waals surface area contributed by atoms with Gasteiger partial charge in [0.1, 0.15) is 5.75 Å². The minimum absolute atomic E-state index is 0.111. The number of para-hydroxylation sites is 2. The van der Waals surface area contributed by atoms with Crippen molar-refractivity contribution < 1.29 is 22.7 Å². The normalized spacial score (nSPS) is 10.9. The van der Waals surface area contributed by atoms with Gasteiger partial charge in [0.2, 0.25) is 0 Å². The van der Waals surface area contributed by atoms with Crippen molar-refractivity contribution in [3.05, 3.63) is 42.4 Å². The number of urea groups is 1. The molecule has 1 aromatic heterocycles. The standard InChI is InChI=1S/C13H11F3N4O2/c1-22-9-5-3-2-4-8(9)19-12(21)20-11-7-17-10(6-18-11)13(14,15)16/h2-7H,1H3,(H2,18,19,20,21). The lowest BCUT2D eigenvalue weighted by Gasteiger charge is -2.10. The molecule has 0 radical (unpaired) electrons. The molecule has 2 N–H and O–H groups in total. The Bertz CT molecular complexity index is 659. The van der Waals surface area contributed by atoms with Crippen LogP contribution in [0.3, 0.4) is 0 Å². The van der Waals surface area contributed by atoms with Crippen molar-refractivity contribution >= 4 is 17.5 Å². The molecule has 0 aliphatic rings. The number of alkyl halides is 3. The molecule has 116 valence electrons. The van der Waals surface area contributed by atoms with E-state index >= 15 is 0 Å². The van der Waals surface area contributed by atoms with E-state index in [2.05, 4.69) is 20.6 Å². The lowest BCUT2D eigenvalue weighted by molar-refractivity contribution is -0.141. The summed E-state index contributed by atoms with van der Waals surface area (Å²) in [6, 6.07) is 5.99. The van der Waals surface area contributed by atoms with E-state index in [0.717, 1.165) is 6.20 Å². The second-order valence-corrected chi connectivity index (χ2v) is 4.06. The Kier molecular flexibility index (Phi) is 4.44. The first-order chi connectivity index (χ1) is 10.4. The summed E-state index contributed by atoms with van der Waals surface area (Å²) in [6.45, 7) is 0. The maximum absolute atomic E-state index is 12.3. The minimum Gasteiger partial charge on any atom is -0.495 e. The highest BCUT2D eigenvalue weighted by atomic mass is 19.4. The Morgan fingerprint density at radius 1 is 1.14 bits per heavy atom. The molecule has 0 saturated carbocycles. The topological polar surface area (TPSA) is 76.1 Å². The van der Waals surface area contributed by atoms with Crippen LogP contribution in [0.15, 0.2) is 36.7 Å². The first-order valence-corrected chi connectivity index (χ1v) is 6.00. The van der Waals surface area contributed by atoms with Crippen molar-refractivity contribution in [3.63, 3.8) is 0 Å². The van der Waals surface area contributed by atoms with Gasteiger partial charge in [-0.2, -0.15) is 13.2 Å². The van der Waals surface area contributed by atoms with Crippen LogP contribution in [0.4, 0.5) is 29.5 Å². The number of nitrogens with zero attached hydrogens (tertiary/aromatic N) is 2.